The summed E-state index contributed by atoms with van der Waals surface area (Å²) in [7, 11) is 1.60. The number of halogens is 3. The summed E-state index contributed by atoms with van der Waals surface area (Å²) in [5.41, 5.74) is 1.86. The highest BCUT2D eigenvalue weighted by molar-refractivity contribution is 7.99. The maximum absolute atomic E-state index is 12.3. The van der Waals surface area contributed by atoms with Crippen molar-refractivity contribution in [2.75, 3.05) is 12.8 Å². The number of thioether (sulfide) groups is 1. The fourth-order valence-electron chi connectivity index (χ4n) is 1.93. The molecule has 0 fully saturated rings. The van der Waals surface area contributed by atoms with Gasteiger partial charge in [-0.1, -0.05) is 46.9 Å². The van der Waals surface area contributed by atoms with Gasteiger partial charge in [-0.05, 0) is 25.1 Å². The van der Waals surface area contributed by atoms with E-state index in [1.54, 1.807) is 24.9 Å². The Labute approximate surface area is 125 Å². The number of carbonyl (C=O) groups excluding carboxylic acids is 1. The second kappa shape index (κ2) is 5.59. The van der Waals surface area contributed by atoms with Crippen molar-refractivity contribution >= 4 is 52.3 Å². The van der Waals surface area contributed by atoms with Crippen LogP contribution in [0.4, 0.5) is 0 Å². The summed E-state index contributed by atoms with van der Waals surface area (Å²) in [6.07, 6.45) is 1.05. The van der Waals surface area contributed by atoms with Gasteiger partial charge in [-0.3, -0.25) is 4.79 Å². The molecule has 1 aliphatic heterocycles. The van der Waals surface area contributed by atoms with Crippen LogP contribution in [-0.4, -0.2) is 28.4 Å². The zero-order chi connectivity index (χ0) is 13.3. The Morgan fingerprint density at radius 3 is 2.78 bits per heavy atom. The molecule has 0 saturated carbocycles. The van der Waals surface area contributed by atoms with E-state index in [9.17, 15) is 4.79 Å². The van der Waals surface area contributed by atoms with Crippen molar-refractivity contribution in [1.29, 1.82) is 0 Å². The summed E-state index contributed by atoms with van der Waals surface area (Å²) < 4.78 is -1.65. The van der Waals surface area contributed by atoms with Crippen molar-refractivity contribution in [1.82, 2.24) is 5.32 Å². The number of ketones is 1. The van der Waals surface area contributed by atoms with Crippen LogP contribution in [-0.2, 0) is 6.42 Å². The monoisotopic (exact) mass is 323 g/mol. The van der Waals surface area contributed by atoms with E-state index < -0.39 is 9.83 Å². The normalized spacial score (nSPS) is 16.4. The topological polar surface area (TPSA) is 29.1 Å². The first kappa shape index (κ1) is 14.5. The molecule has 0 aromatic heterocycles. The van der Waals surface area contributed by atoms with Gasteiger partial charge < -0.3 is 5.32 Å². The molecule has 1 aromatic carbocycles. The highest BCUT2D eigenvalue weighted by atomic mass is 35.6. The summed E-state index contributed by atoms with van der Waals surface area (Å²) in [6, 6.07) is 4.82. The number of Topliss-reactive ketones (excluding diaryl/α,β-unsaturated/α-hetero) is 1. The minimum absolute atomic E-state index is 0.201. The van der Waals surface area contributed by atoms with Crippen molar-refractivity contribution in [2.45, 2.75) is 21.2 Å². The van der Waals surface area contributed by atoms with E-state index in [1.165, 1.54) is 5.56 Å². The number of alkyl halides is 3. The number of likely N-dealkylation sites (N-methyl/N-ethyl adjacent to an activating group) is 1. The second-order valence-corrected chi connectivity index (χ2v) is 7.55. The smallest absolute Gasteiger partial charge is 0.213 e. The highest BCUT2D eigenvalue weighted by Crippen LogP contribution is 2.35. The summed E-state index contributed by atoms with van der Waals surface area (Å²) in [6.45, 7) is 0. The number of nitrogens with one attached hydrogen (secondary N) is 1. The first-order chi connectivity index (χ1) is 8.43. The molecule has 1 heterocycles. The van der Waals surface area contributed by atoms with E-state index in [-0.39, 0.29) is 5.78 Å². The van der Waals surface area contributed by atoms with Crippen LogP contribution >= 0.6 is 46.6 Å². The molecular weight excluding hydrogens is 313 g/mol. The van der Waals surface area contributed by atoms with Gasteiger partial charge in [0.2, 0.25) is 3.79 Å². The Bertz CT molecular complexity index is 473. The van der Waals surface area contributed by atoms with E-state index in [2.05, 4.69) is 5.32 Å². The fourth-order valence-corrected chi connectivity index (χ4v) is 3.66. The lowest BCUT2D eigenvalue weighted by Gasteiger charge is -2.22. The third kappa shape index (κ3) is 2.97. The van der Waals surface area contributed by atoms with Crippen molar-refractivity contribution < 1.29 is 4.79 Å². The maximum atomic E-state index is 12.3. The lowest BCUT2D eigenvalue weighted by atomic mass is 10.0. The van der Waals surface area contributed by atoms with Gasteiger partial charge in [-0.2, -0.15) is 0 Å². The van der Waals surface area contributed by atoms with Crippen molar-refractivity contribution in [3.05, 3.63) is 29.3 Å². The van der Waals surface area contributed by atoms with E-state index in [0.29, 0.717) is 5.56 Å². The van der Waals surface area contributed by atoms with Gasteiger partial charge in [0, 0.05) is 16.2 Å². The summed E-state index contributed by atoms with van der Waals surface area (Å²) in [4.78, 5) is 13.5. The van der Waals surface area contributed by atoms with Gasteiger partial charge >= 0.3 is 0 Å². The third-order valence-corrected chi connectivity index (χ3v) is 4.61. The minimum atomic E-state index is -1.65. The molecule has 1 aliphatic rings. The van der Waals surface area contributed by atoms with Crippen LogP contribution in [0, 0.1) is 0 Å². The fraction of sp³-hybridized carbons (Fsp3) is 0.417. The molecule has 98 valence electrons. The molecule has 0 bridgehead atoms. The number of rotatable bonds is 3. The molecule has 1 atom stereocenters. The van der Waals surface area contributed by atoms with Gasteiger partial charge in [-0.15, -0.1) is 11.8 Å². The Hall–Kier alpha value is 0.0700. The van der Waals surface area contributed by atoms with E-state index in [4.69, 9.17) is 34.8 Å². The molecule has 0 saturated heterocycles. The number of benzene rings is 1. The van der Waals surface area contributed by atoms with Crippen molar-refractivity contribution in [3.63, 3.8) is 0 Å². The van der Waals surface area contributed by atoms with Gasteiger partial charge in [0.1, 0.15) is 6.04 Å². The Morgan fingerprint density at radius 2 is 2.17 bits per heavy atom. The number of hydrogen-bond acceptors (Lipinski definition) is 3. The van der Waals surface area contributed by atoms with Crippen LogP contribution in [0.5, 0.6) is 0 Å². The molecule has 6 heteroatoms. The SMILES string of the molecule is CNC(C(=O)c1ccc2c(c1)SCC2)C(Cl)(Cl)Cl. The number of carbonyl (C=O) groups is 1. The van der Waals surface area contributed by atoms with Crippen LogP contribution < -0.4 is 5.32 Å². The first-order valence-corrected chi connectivity index (χ1v) is 7.59. The van der Waals surface area contributed by atoms with Gasteiger partial charge in [0.25, 0.3) is 0 Å². The van der Waals surface area contributed by atoms with Crippen molar-refractivity contribution in [3.8, 4) is 0 Å². The van der Waals surface area contributed by atoms with E-state index in [1.807, 2.05) is 12.1 Å². The molecule has 2 nitrogen and oxygen atoms in total. The lowest BCUT2D eigenvalue weighted by molar-refractivity contribution is 0.0948. The number of aryl methyl sites for hydroxylation is 1. The predicted molar refractivity (Wildman–Crippen MR) is 78.3 cm³/mol. The standard InChI is InChI=1S/C12H12Cl3NOS/c1-16-11(12(13,14)15)10(17)8-3-2-7-4-5-18-9(7)6-8/h2-3,6,11,16H,4-5H2,1H3. The quantitative estimate of drug-likeness (QED) is 0.682. The zero-order valence-electron chi connectivity index (χ0n) is 9.67. The molecule has 1 unspecified atom stereocenters. The van der Waals surface area contributed by atoms with Crippen LogP contribution in [0.1, 0.15) is 15.9 Å². The van der Waals surface area contributed by atoms with E-state index in [0.717, 1.165) is 17.1 Å². The average molecular weight is 325 g/mol. The number of hydrogen-bond donors (Lipinski definition) is 1. The van der Waals surface area contributed by atoms with Crippen LogP contribution in [0.25, 0.3) is 0 Å². The first-order valence-electron chi connectivity index (χ1n) is 5.47. The minimum Gasteiger partial charge on any atom is -0.307 e. The molecule has 1 N–H and O–H groups in total. The molecule has 0 aliphatic carbocycles. The predicted octanol–water partition coefficient (Wildman–Crippen LogP) is 3.48. The van der Waals surface area contributed by atoms with Gasteiger partial charge in [0.15, 0.2) is 5.78 Å². The van der Waals surface area contributed by atoms with Crippen molar-refractivity contribution in [2.24, 2.45) is 0 Å². The third-order valence-electron chi connectivity index (χ3n) is 2.86. The molecule has 2 rings (SSSR count). The molecule has 1 aromatic rings. The average Bonchev–Trinajstić information content (AvgIpc) is 2.74. The molecule has 0 radical (unpaired) electrons. The van der Waals surface area contributed by atoms with Crippen LogP contribution in [0.3, 0.4) is 0 Å². The Kier molecular flexibility index (Phi) is 4.50. The highest BCUT2D eigenvalue weighted by Gasteiger charge is 2.37. The van der Waals surface area contributed by atoms with Crippen LogP contribution in [0.15, 0.2) is 23.1 Å². The Morgan fingerprint density at radius 1 is 1.44 bits per heavy atom. The molecule has 0 amide bonds. The summed E-state index contributed by atoms with van der Waals surface area (Å²) >= 11 is 19.2. The summed E-state index contributed by atoms with van der Waals surface area (Å²) in [5, 5.41) is 2.76. The van der Waals surface area contributed by atoms with Gasteiger partial charge in [-0.25, -0.2) is 0 Å². The maximum Gasteiger partial charge on any atom is 0.213 e. The molecule has 0 spiro atoms. The van der Waals surface area contributed by atoms with E-state index >= 15 is 0 Å². The molecular formula is C12H12Cl3NOS. The zero-order valence-corrected chi connectivity index (χ0v) is 12.8. The summed E-state index contributed by atoms with van der Waals surface area (Å²) in [5.74, 6) is 0.861. The molecule has 18 heavy (non-hydrogen) atoms. The lowest BCUT2D eigenvalue weighted by Crippen LogP contribution is -2.44. The van der Waals surface area contributed by atoms with Gasteiger partial charge in [0.05, 0.1) is 0 Å². The largest absolute Gasteiger partial charge is 0.307 e. The second-order valence-electron chi connectivity index (χ2n) is 4.05. The Balaban J connectivity index is 2.28. The number of fused-ring (bicyclic) bond motifs is 1. The van der Waals surface area contributed by atoms with Crippen LogP contribution in [0.2, 0.25) is 0 Å².